The molecule has 1 aromatic carbocycles. The number of para-hydroxylation sites is 1. The van der Waals surface area contributed by atoms with Crippen molar-refractivity contribution in [1.82, 2.24) is 5.32 Å². The van der Waals surface area contributed by atoms with Gasteiger partial charge < -0.3 is 15.4 Å². The van der Waals surface area contributed by atoms with Crippen LogP contribution in [0, 0.1) is 0 Å². The molecular weight excluding hydrogens is 272 g/mol. The minimum absolute atomic E-state index is 0.0939. The highest BCUT2D eigenvalue weighted by atomic mass is 16.5. The Balaban J connectivity index is 2.81. The van der Waals surface area contributed by atoms with E-state index in [4.69, 9.17) is 4.74 Å². The van der Waals surface area contributed by atoms with Crippen LogP contribution >= 0.6 is 0 Å². The summed E-state index contributed by atoms with van der Waals surface area (Å²) in [7, 11) is 0. The van der Waals surface area contributed by atoms with Crippen molar-refractivity contribution in [2.75, 3.05) is 11.9 Å². The quantitative estimate of drug-likeness (QED) is 0.639. The van der Waals surface area contributed by atoms with Gasteiger partial charge in [0.2, 0.25) is 0 Å². The van der Waals surface area contributed by atoms with E-state index in [0.29, 0.717) is 0 Å². The normalized spacial score (nSPS) is 11.4. The first-order valence-electron chi connectivity index (χ1n) is 6.87. The zero-order valence-corrected chi connectivity index (χ0v) is 12.4. The fraction of sp³-hybridized carbons (Fsp3) is 0.400. The average Bonchev–Trinajstić information content (AvgIpc) is 2.47. The molecule has 0 aliphatic rings. The smallest absolute Gasteiger partial charge is 0.340 e. The first-order valence-corrected chi connectivity index (χ1v) is 6.87. The number of anilines is 1. The largest absolute Gasteiger partial charge is 0.462 e. The molecule has 1 aromatic rings. The molecule has 21 heavy (non-hydrogen) atoms. The van der Waals surface area contributed by atoms with Gasteiger partial charge in [0.1, 0.15) is 0 Å². The molecule has 0 radical (unpaired) electrons. The van der Waals surface area contributed by atoms with Crippen LogP contribution < -0.4 is 10.6 Å². The summed E-state index contributed by atoms with van der Waals surface area (Å²) in [6, 6.07) is 6.29. The summed E-state index contributed by atoms with van der Waals surface area (Å²) >= 11 is 0. The second-order valence-electron chi connectivity index (χ2n) is 4.50. The molecule has 0 saturated carbocycles. The lowest BCUT2D eigenvalue weighted by atomic mass is 10.1. The Morgan fingerprint density at radius 1 is 1.14 bits per heavy atom. The van der Waals surface area contributed by atoms with E-state index < -0.39 is 17.8 Å². The molecule has 1 unspecified atom stereocenters. The van der Waals surface area contributed by atoms with Crippen LogP contribution in [0.5, 0.6) is 0 Å². The number of hydrogen-bond donors (Lipinski definition) is 2. The first-order chi connectivity index (χ1) is 9.99. The van der Waals surface area contributed by atoms with Gasteiger partial charge in [0, 0.05) is 6.04 Å². The van der Waals surface area contributed by atoms with Crippen molar-refractivity contribution < 1.29 is 19.1 Å². The molecule has 0 aliphatic heterocycles. The maximum atomic E-state index is 11.8. The number of benzene rings is 1. The SMILES string of the molecule is CCOC(=O)c1ccccc1NC(=O)C(=O)NC(C)CC. The van der Waals surface area contributed by atoms with Crippen molar-refractivity contribution in [3.8, 4) is 0 Å². The Bertz CT molecular complexity index is 528. The second kappa shape index (κ2) is 8.04. The molecule has 114 valence electrons. The molecule has 0 aromatic heterocycles. The number of amides is 2. The van der Waals surface area contributed by atoms with Gasteiger partial charge in [-0.1, -0.05) is 19.1 Å². The number of rotatable bonds is 5. The number of hydrogen-bond acceptors (Lipinski definition) is 4. The van der Waals surface area contributed by atoms with E-state index in [9.17, 15) is 14.4 Å². The lowest BCUT2D eigenvalue weighted by Gasteiger charge is -2.12. The highest BCUT2D eigenvalue weighted by molar-refractivity contribution is 6.40. The zero-order valence-electron chi connectivity index (χ0n) is 12.4. The van der Waals surface area contributed by atoms with Gasteiger partial charge in [-0.3, -0.25) is 9.59 Å². The highest BCUT2D eigenvalue weighted by Crippen LogP contribution is 2.16. The summed E-state index contributed by atoms with van der Waals surface area (Å²) in [5.74, 6) is -2.09. The molecule has 6 heteroatoms. The summed E-state index contributed by atoms with van der Waals surface area (Å²) < 4.78 is 4.90. The van der Waals surface area contributed by atoms with E-state index in [-0.39, 0.29) is 23.9 Å². The van der Waals surface area contributed by atoms with E-state index in [1.165, 1.54) is 6.07 Å². The van der Waals surface area contributed by atoms with Crippen molar-refractivity contribution in [2.24, 2.45) is 0 Å². The fourth-order valence-electron chi connectivity index (χ4n) is 1.55. The average molecular weight is 292 g/mol. The molecule has 0 fully saturated rings. The minimum Gasteiger partial charge on any atom is -0.462 e. The van der Waals surface area contributed by atoms with Crippen molar-refractivity contribution in [3.05, 3.63) is 29.8 Å². The molecule has 6 nitrogen and oxygen atoms in total. The molecule has 2 N–H and O–H groups in total. The van der Waals surface area contributed by atoms with Crippen molar-refractivity contribution >= 4 is 23.5 Å². The third kappa shape index (κ3) is 4.91. The number of esters is 1. The van der Waals surface area contributed by atoms with Crippen LogP contribution in [0.1, 0.15) is 37.6 Å². The Hall–Kier alpha value is -2.37. The third-order valence-corrected chi connectivity index (χ3v) is 2.87. The Morgan fingerprint density at radius 2 is 1.81 bits per heavy atom. The van der Waals surface area contributed by atoms with E-state index in [1.54, 1.807) is 32.0 Å². The van der Waals surface area contributed by atoms with Gasteiger partial charge in [-0.25, -0.2) is 4.79 Å². The number of carbonyl (C=O) groups is 3. The monoisotopic (exact) mass is 292 g/mol. The molecule has 0 spiro atoms. The topological polar surface area (TPSA) is 84.5 Å². The van der Waals surface area contributed by atoms with Crippen LogP contribution in [-0.4, -0.2) is 30.4 Å². The third-order valence-electron chi connectivity index (χ3n) is 2.87. The molecular formula is C15H20N2O4. The maximum absolute atomic E-state index is 11.8. The molecule has 0 saturated heterocycles. The van der Waals surface area contributed by atoms with Gasteiger partial charge in [-0.05, 0) is 32.4 Å². The number of ether oxygens (including phenoxy) is 1. The summed E-state index contributed by atoms with van der Waals surface area (Å²) in [4.78, 5) is 35.3. The van der Waals surface area contributed by atoms with Crippen LogP contribution in [0.4, 0.5) is 5.69 Å². The molecule has 2 amide bonds. The molecule has 1 rings (SSSR count). The minimum atomic E-state index is -0.813. The van der Waals surface area contributed by atoms with E-state index in [0.717, 1.165) is 6.42 Å². The van der Waals surface area contributed by atoms with Gasteiger partial charge in [0.05, 0.1) is 17.9 Å². The van der Waals surface area contributed by atoms with Crippen LogP contribution in [0.15, 0.2) is 24.3 Å². The summed E-state index contributed by atoms with van der Waals surface area (Å²) in [6.45, 7) is 5.63. The maximum Gasteiger partial charge on any atom is 0.340 e. The fourth-order valence-corrected chi connectivity index (χ4v) is 1.55. The lowest BCUT2D eigenvalue weighted by molar-refractivity contribution is -0.136. The van der Waals surface area contributed by atoms with Gasteiger partial charge >= 0.3 is 17.8 Å². The van der Waals surface area contributed by atoms with Crippen LogP contribution in [0.2, 0.25) is 0 Å². The summed E-state index contributed by atoms with van der Waals surface area (Å²) in [5.41, 5.74) is 0.462. The zero-order chi connectivity index (χ0) is 15.8. The summed E-state index contributed by atoms with van der Waals surface area (Å²) in [5, 5.41) is 4.98. The Morgan fingerprint density at radius 3 is 2.43 bits per heavy atom. The van der Waals surface area contributed by atoms with E-state index in [2.05, 4.69) is 10.6 Å². The van der Waals surface area contributed by atoms with Crippen LogP contribution in [0.3, 0.4) is 0 Å². The van der Waals surface area contributed by atoms with E-state index >= 15 is 0 Å². The van der Waals surface area contributed by atoms with Crippen molar-refractivity contribution in [1.29, 1.82) is 0 Å². The Labute approximate surface area is 123 Å². The van der Waals surface area contributed by atoms with Crippen LogP contribution in [0.25, 0.3) is 0 Å². The van der Waals surface area contributed by atoms with Crippen molar-refractivity contribution in [2.45, 2.75) is 33.2 Å². The molecule has 0 bridgehead atoms. The Kier molecular flexibility index (Phi) is 6.39. The number of carbonyl (C=O) groups excluding carboxylic acids is 3. The van der Waals surface area contributed by atoms with Crippen LogP contribution in [-0.2, 0) is 14.3 Å². The predicted molar refractivity (Wildman–Crippen MR) is 78.9 cm³/mol. The van der Waals surface area contributed by atoms with Gasteiger partial charge in [0.15, 0.2) is 0 Å². The highest BCUT2D eigenvalue weighted by Gasteiger charge is 2.19. The lowest BCUT2D eigenvalue weighted by Crippen LogP contribution is -2.40. The molecule has 0 aliphatic carbocycles. The van der Waals surface area contributed by atoms with Gasteiger partial charge in [-0.2, -0.15) is 0 Å². The standard InChI is InChI=1S/C15H20N2O4/c1-4-10(3)16-13(18)14(19)17-12-9-7-6-8-11(12)15(20)21-5-2/h6-10H,4-5H2,1-3H3,(H,16,18)(H,17,19). The van der Waals surface area contributed by atoms with Gasteiger partial charge in [-0.15, -0.1) is 0 Å². The first kappa shape index (κ1) is 16.7. The summed E-state index contributed by atoms with van der Waals surface area (Å²) in [6.07, 6.45) is 0.721. The second-order valence-corrected chi connectivity index (χ2v) is 4.50. The van der Waals surface area contributed by atoms with Gasteiger partial charge in [0.25, 0.3) is 0 Å². The number of nitrogens with one attached hydrogen (secondary N) is 2. The van der Waals surface area contributed by atoms with E-state index in [1.807, 2.05) is 6.92 Å². The van der Waals surface area contributed by atoms with Crippen molar-refractivity contribution in [3.63, 3.8) is 0 Å². The predicted octanol–water partition coefficient (Wildman–Crippen LogP) is 1.72. The molecule has 0 heterocycles. The molecule has 1 atom stereocenters.